The number of hydrogen-bond acceptors (Lipinski definition) is 4. The van der Waals surface area contributed by atoms with Crippen molar-refractivity contribution in [3.63, 3.8) is 0 Å². The Balaban J connectivity index is 1.81. The van der Waals surface area contributed by atoms with Gasteiger partial charge in [-0.05, 0) is 50.8 Å². The molecule has 138 valence electrons. The molecule has 4 nitrogen and oxygen atoms in total. The van der Waals surface area contributed by atoms with E-state index >= 15 is 0 Å². The van der Waals surface area contributed by atoms with Gasteiger partial charge in [-0.25, -0.2) is 4.98 Å². The maximum atomic E-state index is 4.74. The SMILES string of the molecule is CN(C)CCCN1c2ccccc2C(c2ccccc2)Nc2cccnc21. The predicted molar refractivity (Wildman–Crippen MR) is 113 cm³/mol. The molecule has 0 bridgehead atoms. The minimum absolute atomic E-state index is 0.101. The summed E-state index contributed by atoms with van der Waals surface area (Å²) in [7, 11) is 4.24. The number of aromatic nitrogens is 1. The zero-order valence-electron chi connectivity index (χ0n) is 16.0. The fourth-order valence-electron chi connectivity index (χ4n) is 3.73. The van der Waals surface area contributed by atoms with Gasteiger partial charge in [-0.15, -0.1) is 0 Å². The molecule has 27 heavy (non-hydrogen) atoms. The van der Waals surface area contributed by atoms with Crippen molar-refractivity contribution >= 4 is 17.2 Å². The molecule has 2 aromatic carbocycles. The van der Waals surface area contributed by atoms with Crippen LogP contribution in [0.25, 0.3) is 0 Å². The summed E-state index contributed by atoms with van der Waals surface area (Å²) < 4.78 is 0. The van der Waals surface area contributed by atoms with E-state index in [0.717, 1.165) is 31.0 Å². The van der Waals surface area contributed by atoms with Gasteiger partial charge in [-0.2, -0.15) is 0 Å². The molecule has 0 spiro atoms. The average molecular weight is 358 g/mol. The largest absolute Gasteiger partial charge is 0.371 e. The van der Waals surface area contributed by atoms with Gasteiger partial charge < -0.3 is 15.1 Å². The van der Waals surface area contributed by atoms with Crippen LogP contribution in [-0.2, 0) is 0 Å². The normalized spacial score (nSPS) is 15.7. The van der Waals surface area contributed by atoms with E-state index in [1.807, 2.05) is 12.3 Å². The summed E-state index contributed by atoms with van der Waals surface area (Å²) in [6.07, 6.45) is 2.96. The maximum Gasteiger partial charge on any atom is 0.156 e. The molecule has 3 aromatic rings. The lowest BCUT2D eigenvalue weighted by Gasteiger charge is -2.26. The summed E-state index contributed by atoms with van der Waals surface area (Å²) in [6, 6.07) is 23.6. The van der Waals surface area contributed by atoms with Crippen molar-refractivity contribution in [3.05, 3.63) is 84.1 Å². The van der Waals surface area contributed by atoms with Gasteiger partial charge in [0.05, 0.1) is 11.7 Å². The molecule has 1 aromatic heterocycles. The Kier molecular flexibility index (Phi) is 5.07. The smallest absolute Gasteiger partial charge is 0.156 e. The van der Waals surface area contributed by atoms with Crippen LogP contribution in [0.3, 0.4) is 0 Å². The quantitative estimate of drug-likeness (QED) is 0.717. The molecule has 4 rings (SSSR count). The van der Waals surface area contributed by atoms with E-state index in [2.05, 4.69) is 89.9 Å². The molecule has 2 heterocycles. The van der Waals surface area contributed by atoms with Crippen LogP contribution in [0.1, 0.15) is 23.6 Å². The third-order valence-corrected chi connectivity index (χ3v) is 5.00. The number of nitrogens with one attached hydrogen (secondary N) is 1. The molecule has 0 aliphatic carbocycles. The Hall–Kier alpha value is -2.85. The minimum Gasteiger partial charge on any atom is -0.371 e. The fraction of sp³-hybridized carbons (Fsp3) is 0.261. The van der Waals surface area contributed by atoms with E-state index in [1.165, 1.54) is 16.8 Å². The third-order valence-electron chi connectivity index (χ3n) is 5.00. The van der Waals surface area contributed by atoms with Gasteiger partial charge in [0.15, 0.2) is 5.82 Å². The lowest BCUT2D eigenvalue weighted by atomic mass is 9.97. The molecule has 1 aliphatic heterocycles. The standard InChI is InChI=1S/C23H26N4/c1-26(2)16-9-17-27-21-14-7-6-12-19(21)22(18-10-4-3-5-11-18)25-20-13-8-15-24-23(20)27/h3-8,10-15,22,25H,9,16-17H2,1-2H3. The molecule has 1 atom stereocenters. The Labute approximate surface area is 161 Å². The molecule has 1 N–H and O–H groups in total. The van der Waals surface area contributed by atoms with Gasteiger partial charge in [0.1, 0.15) is 0 Å². The predicted octanol–water partition coefficient (Wildman–Crippen LogP) is 4.69. The Morgan fingerprint density at radius 3 is 2.56 bits per heavy atom. The maximum absolute atomic E-state index is 4.74. The second-order valence-electron chi connectivity index (χ2n) is 7.23. The summed E-state index contributed by atoms with van der Waals surface area (Å²) in [5, 5.41) is 3.75. The number of hydrogen-bond donors (Lipinski definition) is 1. The number of fused-ring (bicyclic) bond motifs is 2. The molecule has 0 amide bonds. The molecular formula is C23H26N4. The monoisotopic (exact) mass is 358 g/mol. The van der Waals surface area contributed by atoms with Crippen molar-refractivity contribution in [2.24, 2.45) is 0 Å². The van der Waals surface area contributed by atoms with Crippen LogP contribution in [0.4, 0.5) is 17.2 Å². The van der Waals surface area contributed by atoms with Crippen LogP contribution in [0, 0.1) is 0 Å². The first-order valence-electron chi connectivity index (χ1n) is 9.52. The van der Waals surface area contributed by atoms with Crippen LogP contribution in [0.5, 0.6) is 0 Å². The molecule has 0 saturated heterocycles. The minimum atomic E-state index is 0.101. The topological polar surface area (TPSA) is 31.4 Å². The van der Waals surface area contributed by atoms with Crippen molar-refractivity contribution in [2.75, 3.05) is 37.4 Å². The van der Waals surface area contributed by atoms with Crippen LogP contribution < -0.4 is 10.2 Å². The van der Waals surface area contributed by atoms with Crippen LogP contribution in [0.2, 0.25) is 0 Å². The van der Waals surface area contributed by atoms with Crippen molar-refractivity contribution in [2.45, 2.75) is 12.5 Å². The summed E-state index contributed by atoms with van der Waals surface area (Å²) in [4.78, 5) is 9.33. The van der Waals surface area contributed by atoms with Gasteiger partial charge in [0.25, 0.3) is 0 Å². The number of pyridine rings is 1. The second kappa shape index (κ2) is 7.80. The lowest BCUT2D eigenvalue weighted by Crippen LogP contribution is -2.24. The summed E-state index contributed by atoms with van der Waals surface area (Å²) in [5.41, 5.74) is 4.85. The van der Waals surface area contributed by atoms with Gasteiger partial charge in [0.2, 0.25) is 0 Å². The van der Waals surface area contributed by atoms with Gasteiger partial charge in [0, 0.05) is 24.0 Å². The van der Waals surface area contributed by atoms with Crippen molar-refractivity contribution in [3.8, 4) is 0 Å². The van der Waals surface area contributed by atoms with Crippen molar-refractivity contribution in [1.82, 2.24) is 9.88 Å². The number of benzene rings is 2. The summed E-state index contributed by atoms with van der Waals surface area (Å²) in [6.45, 7) is 1.98. The molecule has 1 unspecified atom stereocenters. The zero-order chi connectivity index (χ0) is 18.6. The Morgan fingerprint density at radius 2 is 1.74 bits per heavy atom. The van der Waals surface area contributed by atoms with E-state index in [9.17, 15) is 0 Å². The fourth-order valence-corrected chi connectivity index (χ4v) is 3.73. The van der Waals surface area contributed by atoms with Crippen LogP contribution in [-0.4, -0.2) is 37.1 Å². The highest BCUT2D eigenvalue weighted by atomic mass is 15.2. The molecular weight excluding hydrogens is 332 g/mol. The summed E-state index contributed by atoms with van der Waals surface area (Å²) >= 11 is 0. The van der Waals surface area contributed by atoms with Gasteiger partial charge >= 0.3 is 0 Å². The Bertz CT molecular complexity index is 892. The molecule has 1 aliphatic rings. The Morgan fingerprint density at radius 1 is 0.963 bits per heavy atom. The first kappa shape index (κ1) is 17.6. The number of nitrogens with zero attached hydrogens (tertiary/aromatic N) is 3. The molecule has 4 heteroatoms. The highest BCUT2D eigenvalue weighted by Crippen LogP contribution is 2.42. The van der Waals surface area contributed by atoms with E-state index in [0.29, 0.717) is 0 Å². The zero-order valence-corrected chi connectivity index (χ0v) is 16.0. The van der Waals surface area contributed by atoms with Crippen LogP contribution >= 0.6 is 0 Å². The number of rotatable bonds is 5. The van der Waals surface area contributed by atoms with Crippen molar-refractivity contribution in [1.29, 1.82) is 0 Å². The lowest BCUT2D eigenvalue weighted by molar-refractivity contribution is 0.402. The van der Waals surface area contributed by atoms with Gasteiger partial charge in [-0.3, -0.25) is 0 Å². The molecule has 0 radical (unpaired) electrons. The first-order valence-corrected chi connectivity index (χ1v) is 9.52. The second-order valence-corrected chi connectivity index (χ2v) is 7.23. The number of anilines is 3. The molecule has 0 saturated carbocycles. The molecule has 0 fully saturated rings. The van der Waals surface area contributed by atoms with E-state index in [-0.39, 0.29) is 6.04 Å². The van der Waals surface area contributed by atoms with Crippen molar-refractivity contribution < 1.29 is 0 Å². The highest BCUT2D eigenvalue weighted by Gasteiger charge is 2.27. The van der Waals surface area contributed by atoms with E-state index in [4.69, 9.17) is 4.98 Å². The van der Waals surface area contributed by atoms with E-state index < -0.39 is 0 Å². The van der Waals surface area contributed by atoms with Crippen LogP contribution in [0.15, 0.2) is 72.9 Å². The third kappa shape index (κ3) is 3.67. The summed E-state index contributed by atoms with van der Waals surface area (Å²) in [5.74, 6) is 1.00. The number of para-hydroxylation sites is 1. The van der Waals surface area contributed by atoms with Gasteiger partial charge in [-0.1, -0.05) is 48.5 Å². The first-order chi connectivity index (χ1) is 13.2. The highest BCUT2D eigenvalue weighted by molar-refractivity contribution is 5.79. The van der Waals surface area contributed by atoms with E-state index in [1.54, 1.807) is 0 Å². The average Bonchev–Trinajstić information content (AvgIpc) is 2.84.